The number of carbonyl (C=O) groups excluding carboxylic acids is 1. The van der Waals surface area contributed by atoms with Gasteiger partial charge in [0.2, 0.25) is 5.91 Å². The third-order valence-electron chi connectivity index (χ3n) is 3.66. The summed E-state index contributed by atoms with van der Waals surface area (Å²) >= 11 is 0. The summed E-state index contributed by atoms with van der Waals surface area (Å²) in [5.74, 6) is -0.00379. The molecule has 0 bridgehead atoms. The van der Waals surface area contributed by atoms with Gasteiger partial charge in [-0.15, -0.1) is 0 Å². The van der Waals surface area contributed by atoms with Crippen molar-refractivity contribution in [1.29, 1.82) is 0 Å². The van der Waals surface area contributed by atoms with Crippen molar-refractivity contribution >= 4 is 11.6 Å². The highest BCUT2D eigenvalue weighted by Crippen LogP contribution is 2.23. The summed E-state index contributed by atoms with van der Waals surface area (Å²) in [4.78, 5) is 24.0. The van der Waals surface area contributed by atoms with Crippen molar-refractivity contribution in [3.05, 3.63) is 39.9 Å². The average Bonchev–Trinajstić information content (AvgIpc) is 3.27. The van der Waals surface area contributed by atoms with Crippen molar-refractivity contribution in [3.8, 4) is 0 Å². The summed E-state index contributed by atoms with van der Waals surface area (Å²) in [6, 6.07) is 6.71. The number of carbonyl (C=O) groups is 1. The molecule has 6 heteroatoms. The summed E-state index contributed by atoms with van der Waals surface area (Å²) in [6.45, 7) is 2.19. The Kier molecular flexibility index (Phi) is 4.34. The molecule has 1 unspecified atom stereocenters. The lowest BCUT2D eigenvalue weighted by atomic mass is 10.1. The molecule has 1 saturated carbocycles. The van der Waals surface area contributed by atoms with Gasteiger partial charge in [-0.3, -0.25) is 14.9 Å². The first-order valence-electron chi connectivity index (χ1n) is 6.72. The zero-order chi connectivity index (χ0) is 14.7. The van der Waals surface area contributed by atoms with E-state index < -0.39 is 4.92 Å². The van der Waals surface area contributed by atoms with Crippen LogP contribution in [0.1, 0.15) is 31.4 Å². The van der Waals surface area contributed by atoms with Gasteiger partial charge in [0.1, 0.15) is 0 Å². The normalized spacial score (nSPS) is 15.7. The predicted molar refractivity (Wildman–Crippen MR) is 75.3 cm³/mol. The third-order valence-corrected chi connectivity index (χ3v) is 3.66. The van der Waals surface area contributed by atoms with Crippen LogP contribution in [0.15, 0.2) is 24.3 Å². The number of hydrogen-bond acceptors (Lipinski definition) is 4. The van der Waals surface area contributed by atoms with Crippen LogP contribution in [0.5, 0.6) is 0 Å². The standard InChI is InChI=1S/C14H19N3O3/c1-10(11-4-3-5-13(8-11)17(19)20)16(2)14(18)9-15-12-6-7-12/h3-5,8,10,12,15H,6-7,9H2,1-2H3. The quantitative estimate of drug-likeness (QED) is 0.636. The van der Waals surface area contributed by atoms with Gasteiger partial charge in [-0.05, 0) is 25.3 Å². The molecule has 0 aromatic heterocycles. The molecule has 108 valence electrons. The topological polar surface area (TPSA) is 75.5 Å². The number of hydrogen-bond donors (Lipinski definition) is 1. The summed E-state index contributed by atoms with van der Waals surface area (Å²) in [7, 11) is 1.72. The molecule has 1 N–H and O–H groups in total. The van der Waals surface area contributed by atoms with Crippen LogP contribution in [0.2, 0.25) is 0 Å². The van der Waals surface area contributed by atoms with Crippen LogP contribution in [-0.4, -0.2) is 35.4 Å². The fraction of sp³-hybridized carbons (Fsp3) is 0.500. The summed E-state index contributed by atoms with van der Waals surface area (Å²) in [6.07, 6.45) is 2.27. The molecule has 20 heavy (non-hydrogen) atoms. The van der Waals surface area contributed by atoms with E-state index in [-0.39, 0.29) is 17.6 Å². The minimum atomic E-state index is -0.424. The Bertz CT molecular complexity index is 514. The van der Waals surface area contributed by atoms with Gasteiger partial charge in [0, 0.05) is 25.2 Å². The first-order chi connectivity index (χ1) is 9.49. The molecule has 2 rings (SSSR count). The summed E-state index contributed by atoms with van der Waals surface area (Å²) < 4.78 is 0. The van der Waals surface area contributed by atoms with E-state index in [1.54, 1.807) is 24.1 Å². The Balaban J connectivity index is 2.00. The van der Waals surface area contributed by atoms with Crippen LogP contribution in [0.3, 0.4) is 0 Å². The number of benzene rings is 1. The van der Waals surface area contributed by atoms with E-state index in [2.05, 4.69) is 5.32 Å². The molecule has 1 aliphatic carbocycles. The van der Waals surface area contributed by atoms with Gasteiger partial charge in [-0.1, -0.05) is 12.1 Å². The average molecular weight is 277 g/mol. The first-order valence-corrected chi connectivity index (χ1v) is 6.72. The highest BCUT2D eigenvalue weighted by Gasteiger charge is 2.24. The van der Waals surface area contributed by atoms with Gasteiger partial charge in [-0.25, -0.2) is 0 Å². The Morgan fingerprint density at radius 1 is 1.55 bits per heavy atom. The Labute approximate surface area is 117 Å². The molecule has 1 aromatic carbocycles. The van der Waals surface area contributed by atoms with Crippen molar-refractivity contribution in [2.75, 3.05) is 13.6 Å². The van der Waals surface area contributed by atoms with E-state index in [4.69, 9.17) is 0 Å². The number of amides is 1. The second-order valence-electron chi connectivity index (χ2n) is 5.19. The number of nitrogens with zero attached hydrogens (tertiary/aromatic N) is 2. The third kappa shape index (κ3) is 3.54. The monoisotopic (exact) mass is 277 g/mol. The fourth-order valence-corrected chi connectivity index (χ4v) is 1.98. The maximum absolute atomic E-state index is 12.0. The lowest BCUT2D eigenvalue weighted by molar-refractivity contribution is -0.384. The summed E-state index contributed by atoms with van der Waals surface area (Å²) in [5, 5.41) is 14.0. The van der Waals surface area contributed by atoms with Crippen LogP contribution in [-0.2, 0) is 4.79 Å². The maximum Gasteiger partial charge on any atom is 0.269 e. The molecule has 0 radical (unpaired) electrons. The van der Waals surface area contributed by atoms with Crippen LogP contribution in [0.4, 0.5) is 5.69 Å². The number of nitro benzene ring substituents is 1. The van der Waals surface area contributed by atoms with Crippen LogP contribution in [0, 0.1) is 10.1 Å². The van der Waals surface area contributed by atoms with E-state index in [1.807, 2.05) is 6.92 Å². The van der Waals surface area contributed by atoms with Gasteiger partial charge in [0.05, 0.1) is 17.5 Å². The van der Waals surface area contributed by atoms with Crippen molar-refractivity contribution in [2.45, 2.75) is 31.8 Å². The molecule has 1 aromatic rings. The van der Waals surface area contributed by atoms with Crippen LogP contribution < -0.4 is 5.32 Å². The zero-order valence-electron chi connectivity index (χ0n) is 11.7. The predicted octanol–water partition coefficient (Wildman–Crippen LogP) is 1.87. The van der Waals surface area contributed by atoms with Crippen molar-refractivity contribution in [3.63, 3.8) is 0 Å². The number of nitrogens with one attached hydrogen (secondary N) is 1. The lowest BCUT2D eigenvalue weighted by Gasteiger charge is -2.25. The molecule has 0 spiro atoms. The Morgan fingerprint density at radius 3 is 2.85 bits per heavy atom. The van der Waals surface area contributed by atoms with Gasteiger partial charge < -0.3 is 10.2 Å². The van der Waals surface area contributed by atoms with E-state index in [9.17, 15) is 14.9 Å². The molecular formula is C14H19N3O3. The number of nitro groups is 1. The summed E-state index contributed by atoms with van der Waals surface area (Å²) in [5.41, 5.74) is 0.813. The molecule has 6 nitrogen and oxygen atoms in total. The fourth-order valence-electron chi connectivity index (χ4n) is 1.98. The van der Waals surface area contributed by atoms with E-state index in [0.29, 0.717) is 12.6 Å². The largest absolute Gasteiger partial charge is 0.338 e. The molecule has 1 aliphatic rings. The molecule has 0 saturated heterocycles. The Hall–Kier alpha value is -1.95. The minimum Gasteiger partial charge on any atom is -0.338 e. The highest BCUT2D eigenvalue weighted by molar-refractivity contribution is 5.78. The van der Waals surface area contributed by atoms with Crippen molar-refractivity contribution in [2.24, 2.45) is 0 Å². The molecule has 0 aliphatic heterocycles. The lowest BCUT2D eigenvalue weighted by Crippen LogP contribution is -2.37. The Morgan fingerprint density at radius 2 is 2.25 bits per heavy atom. The van der Waals surface area contributed by atoms with Gasteiger partial charge in [0.25, 0.3) is 5.69 Å². The number of rotatable bonds is 6. The molecule has 1 fully saturated rings. The smallest absolute Gasteiger partial charge is 0.269 e. The zero-order valence-corrected chi connectivity index (χ0v) is 11.7. The van der Waals surface area contributed by atoms with Crippen LogP contribution >= 0.6 is 0 Å². The molecular weight excluding hydrogens is 258 g/mol. The highest BCUT2D eigenvalue weighted by atomic mass is 16.6. The minimum absolute atomic E-state index is 0.00379. The number of likely N-dealkylation sites (N-methyl/N-ethyl adjacent to an activating group) is 1. The van der Waals surface area contributed by atoms with Crippen molar-refractivity contribution < 1.29 is 9.72 Å². The molecule has 0 heterocycles. The van der Waals surface area contributed by atoms with Crippen LogP contribution in [0.25, 0.3) is 0 Å². The molecule has 1 amide bonds. The van der Waals surface area contributed by atoms with Gasteiger partial charge >= 0.3 is 0 Å². The van der Waals surface area contributed by atoms with E-state index in [1.165, 1.54) is 12.1 Å². The second-order valence-corrected chi connectivity index (χ2v) is 5.19. The van der Waals surface area contributed by atoms with Gasteiger partial charge in [0.15, 0.2) is 0 Å². The first kappa shape index (κ1) is 14.5. The SMILES string of the molecule is CC(c1cccc([N+](=O)[O-])c1)N(C)C(=O)CNC1CC1. The molecule has 1 atom stereocenters. The number of non-ortho nitro benzene ring substituents is 1. The van der Waals surface area contributed by atoms with E-state index in [0.717, 1.165) is 18.4 Å². The van der Waals surface area contributed by atoms with Gasteiger partial charge in [-0.2, -0.15) is 0 Å². The maximum atomic E-state index is 12.0. The second kappa shape index (κ2) is 6.00. The van der Waals surface area contributed by atoms with E-state index >= 15 is 0 Å². The van der Waals surface area contributed by atoms with Crippen molar-refractivity contribution in [1.82, 2.24) is 10.2 Å².